The average Bonchev–Trinajstić information content (AvgIpc) is 3.08. The van der Waals surface area contributed by atoms with Crippen molar-refractivity contribution in [2.24, 2.45) is 0 Å². The Morgan fingerprint density at radius 1 is 1.41 bits per heavy atom. The van der Waals surface area contributed by atoms with E-state index in [-0.39, 0.29) is 11.7 Å². The summed E-state index contributed by atoms with van der Waals surface area (Å²) in [5.41, 5.74) is 2.04. The van der Waals surface area contributed by atoms with Crippen molar-refractivity contribution >= 4 is 22.2 Å². The van der Waals surface area contributed by atoms with E-state index in [1.54, 1.807) is 35.2 Å². The van der Waals surface area contributed by atoms with Crippen LogP contribution in [0.25, 0.3) is 16.2 Å². The number of imidazole rings is 1. The lowest BCUT2D eigenvalue weighted by Crippen LogP contribution is -2.27. The lowest BCUT2D eigenvalue weighted by atomic mass is 10.2. The molecule has 22 heavy (non-hydrogen) atoms. The Hall–Kier alpha value is -2.25. The second-order valence-corrected chi connectivity index (χ2v) is 5.49. The topological polar surface area (TPSA) is 55.6 Å². The van der Waals surface area contributed by atoms with E-state index >= 15 is 0 Å². The van der Waals surface area contributed by atoms with Crippen molar-refractivity contribution in [3.8, 4) is 11.3 Å². The fourth-order valence-electron chi connectivity index (χ4n) is 2.06. The lowest BCUT2D eigenvalue weighted by Gasteiger charge is -2.02. The van der Waals surface area contributed by atoms with Crippen LogP contribution < -0.4 is 5.32 Å². The highest BCUT2D eigenvalue weighted by atomic mass is 32.1. The number of ether oxygens (including phenoxy) is 1. The summed E-state index contributed by atoms with van der Waals surface area (Å²) in [5, 5.41) is 4.54. The monoisotopic (exact) mass is 319 g/mol. The van der Waals surface area contributed by atoms with Gasteiger partial charge in [-0.05, 0) is 24.3 Å². The highest BCUT2D eigenvalue weighted by molar-refractivity contribution is 7.15. The number of benzene rings is 1. The first-order chi connectivity index (χ1) is 10.7. The number of hydrogen-bond acceptors (Lipinski definition) is 4. The van der Waals surface area contributed by atoms with Gasteiger partial charge in [0.05, 0.1) is 12.3 Å². The highest BCUT2D eigenvalue weighted by Crippen LogP contribution is 2.23. The molecule has 0 atom stereocenters. The Bertz CT molecular complexity index is 795. The third-order valence-corrected chi connectivity index (χ3v) is 4.01. The molecule has 2 heterocycles. The van der Waals surface area contributed by atoms with E-state index in [2.05, 4.69) is 10.3 Å². The fourth-order valence-corrected chi connectivity index (χ4v) is 2.92. The maximum absolute atomic E-state index is 13.0. The molecule has 1 aromatic carbocycles. The van der Waals surface area contributed by atoms with E-state index in [9.17, 15) is 9.18 Å². The molecule has 3 aromatic rings. The van der Waals surface area contributed by atoms with Gasteiger partial charge in [-0.1, -0.05) is 0 Å². The summed E-state index contributed by atoms with van der Waals surface area (Å²) >= 11 is 1.39. The molecule has 114 valence electrons. The van der Waals surface area contributed by atoms with Crippen LogP contribution >= 0.6 is 11.3 Å². The minimum atomic E-state index is -0.289. The number of aromatic nitrogens is 2. The Morgan fingerprint density at radius 3 is 2.91 bits per heavy atom. The summed E-state index contributed by atoms with van der Waals surface area (Å²) in [4.78, 5) is 17.3. The first-order valence-corrected chi connectivity index (χ1v) is 7.56. The molecule has 0 radical (unpaired) electrons. The molecule has 2 aromatic heterocycles. The zero-order valence-corrected chi connectivity index (χ0v) is 12.7. The Balaban J connectivity index is 1.88. The van der Waals surface area contributed by atoms with Crippen molar-refractivity contribution < 1.29 is 13.9 Å². The number of rotatable bonds is 5. The second-order valence-electron chi connectivity index (χ2n) is 4.66. The molecule has 0 spiro atoms. The summed E-state index contributed by atoms with van der Waals surface area (Å²) in [5.74, 6) is -0.464. The number of nitrogens with one attached hydrogen (secondary N) is 1. The molecule has 0 unspecified atom stereocenters. The van der Waals surface area contributed by atoms with Gasteiger partial charge in [-0.3, -0.25) is 9.20 Å². The van der Waals surface area contributed by atoms with E-state index in [1.165, 1.54) is 23.5 Å². The van der Waals surface area contributed by atoms with Crippen LogP contribution in [0.3, 0.4) is 0 Å². The van der Waals surface area contributed by atoms with Gasteiger partial charge in [-0.2, -0.15) is 0 Å². The summed E-state index contributed by atoms with van der Waals surface area (Å²) in [7, 11) is 1.58. The molecule has 5 nitrogen and oxygen atoms in total. The quantitative estimate of drug-likeness (QED) is 0.735. The number of thiazole rings is 1. The zero-order chi connectivity index (χ0) is 15.5. The maximum atomic E-state index is 13.0. The molecular weight excluding hydrogens is 305 g/mol. The number of carbonyl (C=O) groups excluding carboxylic acids is 1. The van der Waals surface area contributed by atoms with Gasteiger partial charge < -0.3 is 10.1 Å². The largest absolute Gasteiger partial charge is 0.383 e. The molecule has 0 aliphatic carbocycles. The number of hydrogen-bond donors (Lipinski definition) is 1. The molecule has 0 saturated heterocycles. The van der Waals surface area contributed by atoms with Crippen molar-refractivity contribution in [3.63, 3.8) is 0 Å². The number of fused-ring (bicyclic) bond motifs is 1. The van der Waals surface area contributed by atoms with Gasteiger partial charge in [0.25, 0.3) is 5.91 Å². The van der Waals surface area contributed by atoms with E-state index in [0.717, 1.165) is 10.5 Å². The second kappa shape index (κ2) is 6.25. The van der Waals surface area contributed by atoms with Crippen molar-refractivity contribution in [1.82, 2.24) is 14.7 Å². The van der Waals surface area contributed by atoms with Crippen LogP contribution in [0.15, 0.2) is 35.8 Å². The van der Waals surface area contributed by atoms with Crippen LogP contribution in [-0.2, 0) is 4.74 Å². The van der Waals surface area contributed by atoms with Crippen LogP contribution in [0.5, 0.6) is 0 Å². The molecule has 3 rings (SSSR count). The van der Waals surface area contributed by atoms with E-state index in [0.29, 0.717) is 24.5 Å². The molecule has 0 bridgehead atoms. The standard InChI is InChI=1S/C15H14FN3O2S/c1-21-7-6-17-14(20)13-9-22-15-18-12(8-19(13)15)10-2-4-11(16)5-3-10/h2-5,8-9H,6-7H2,1H3,(H,17,20). The minimum Gasteiger partial charge on any atom is -0.383 e. The van der Waals surface area contributed by atoms with Crippen LogP contribution in [-0.4, -0.2) is 35.6 Å². The summed E-state index contributed by atoms with van der Waals surface area (Å²) in [6.45, 7) is 0.913. The SMILES string of the molecule is COCCNC(=O)c1csc2nc(-c3ccc(F)cc3)cn12. The molecule has 1 amide bonds. The third-order valence-electron chi connectivity index (χ3n) is 3.17. The van der Waals surface area contributed by atoms with E-state index < -0.39 is 0 Å². The molecule has 0 aliphatic rings. The van der Waals surface area contributed by atoms with Gasteiger partial charge in [-0.15, -0.1) is 11.3 Å². The predicted molar refractivity (Wildman–Crippen MR) is 82.7 cm³/mol. The van der Waals surface area contributed by atoms with Crippen molar-refractivity contribution in [3.05, 3.63) is 47.4 Å². The number of methoxy groups -OCH3 is 1. The summed E-state index contributed by atoms with van der Waals surface area (Å²) in [6, 6.07) is 6.11. The number of halogens is 1. The Kier molecular flexibility index (Phi) is 4.17. The van der Waals surface area contributed by atoms with E-state index in [1.807, 2.05) is 0 Å². The van der Waals surface area contributed by atoms with Crippen LogP contribution in [0.2, 0.25) is 0 Å². The molecule has 7 heteroatoms. The van der Waals surface area contributed by atoms with Gasteiger partial charge in [0.2, 0.25) is 0 Å². The van der Waals surface area contributed by atoms with Crippen LogP contribution in [0, 0.1) is 5.82 Å². The molecule has 0 saturated carbocycles. The fraction of sp³-hybridized carbons (Fsp3) is 0.200. The first kappa shape index (κ1) is 14.7. The van der Waals surface area contributed by atoms with Crippen molar-refractivity contribution in [2.45, 2.75) is 0 Å². The maximum Gasteiger partial charge on any atom is 0.269 e. The van der Waals surface area contributed by atoms with Crippen LogP contribution in [0.4, 0.5) is 4.39 Å². The molecule has 1 N–H and O–H groups in total. The molecule has 0 aliphatic heterocycles. The van der Waals surface area contributed by atoms with Gasteiger partial charge >= 0.3 is 0 Å². The molecular formula is C15H14FN3O2S. The Morgan fingerprint density at radius 2 is 2.18 bits per heavy atom. The highest BCUT2D eigenvalue weighted by Gasteiger charge is 2.14. The molecule has 0 fully saturated rings. The summed E-state index contributed by atoms with van der Waals surface area (Å²) in [6.07, 6.45) is 1.78. The lowest BCUT2D eigenvalue weighted by molar-refractivity contribution is 0.0931. The number of carbonyl (C=O) groups is 1. The van der Waals surface area contributed by atoms with E-state index in [4.69, 9.17) is 4.74 Å². The summed E-state index contributed by atoms with van der Waals surface area (Å²) < 4.78 is 19.6. The van der Waals surface area contributed by atoms with Crippen LogP contribution in [0.1, 0.15) is 10.5 Å². The first-order valence-electron chi connectivity index (χ1n) is 6.68. The van der Waals surface area contributed by atoms with Crippen molar-refractivity contribution in [2.75, 3.05) is 20.3 Å². The average molecular weight is 319 g/mol. The number of amides is 1. The number of nitrogens with zero attached hydrogens (tertiary/aromatic N) is 2. The van der Waals surface area contributed by atoms with Gasteiger partial charge in [0, 0.05) is 30.8 Å². The smallest absolute Gasteiger partial charge is 0.269 e. The zero-order valence-electron chi connectivity index (χ0n) is 11.9. The Labute approximate surface area is 130 Å². The van der Waals surface area contributed by atoms with Gasteiger partial charge in [0.1, 0.15) is 11.5 Å². The minimum absolute atomic E-state index is 0.175. The third kappa shape index (κ3) is 2.86. The normalized spacial score (nSPS) is 11.0. The predicted octanol–water partition coefficient (Wildman–Crippen LogP) is 2.58. The van der Waals surface area contributed by atoms with Gasteiger partial charge in [-0.25, -0.2) is 9.37 Å². The van der Waals surface area contributed by atoms with Gasteiger partial charge in [0.15, 0.2) is 4.96 Å². The van der Waals surface area contributed by atoms with Crippen molar-refractivity contribution in [1.29, 1.82) is 0 Å².